The van der Waals surface area contributed by atoms with E-state index in [1.54, 1.807) is 36.4 Å². The Hall–Kier alpha value is -3.26. The molecule has 0 saturated heterocycles. The van der Waals surface area contributed by atoms with Gasteiger partial charge in [0.1, 0.15) is 28.8 Å². The first-order valence-electron chi connectivity index (χ1n) is 8.89. The van der Waals surface area contributed by atoms with E-state index in [0.29, 0.717) is 34.1 Å². The summed E-state index contributed by atoms with van der Waals surface area (Å²) in [4.78, 5) is 12.3. The molecule has 0 aliphatic heterocycles. The first-order valence-corrected chi connectivity index (χ1v) is 10.6. The van der Waals surface area contributed by atoms with Crippen molar-refractivity contribution in [2.45, 2.75) is 0 Å². The summed E-state index contributed by atoms with van der Waals surface area (Å²) in [6, 6.07) is 10.3. The van der Waals surface area contributed by atoms with Crippen molar-refractivity contribution in [3.05, 3.63) is 59.0 Å². The molecular formula is C22H24O7S. The lowest BCUT2D eigenvalue weighted by atomic mass is 10.1. The largest absolute Gasteiger partial charge is 0.496 e. The van der Waals surface area contributed by atoms with Gasteiger partial charge in [-0.2, -0.15) is 0 Å². The highest BCUT2D eigenvalue weighted by Crippen LogP contribution is 2.30. The fourth-order valence-corrected chi connectivity index (χ4v) is 3.66. The van der Waals surface area contributed by atoms with Crippen LogP contribution in [-0.4, -0.2) is 48.4 Å². The summed E-state index contributed by atoms with van der Waals surface area (Å²) in [5.74, 6) is 0.647. The van der Waals surface area contributed by atoms with Crippen LogP contribution in [-0.2, 0) is 14.6 Å². The van der Waals surface area contributed by atoms with Crippen LogP contribution in [0.25, 0.3) is 12.2 Å². The summed E-state index contributed by atoms with van der Waals surface area (Å²) in [7, 11) is 2.12. The van der Waals surface area contributed by atoms with Crippen molar-refractivity contribution in [1.82, 2.24) is 0 Å². The van der Waals surface area contributed by atoms with Gasteiger partial charge in [-0.15, -0.1) is 0 Å². The zero-order chi connectivity index (χ0) is 22.1. The van der Waals surface area contributed by atoms with Crippen molar-refractivity contribution >= 4 is 27.8 Å². The third-order valence-electron chi connectivity index (χ3n) is 4.15. The van der Waals surface area contributed by atoms with Crippen molar-refractivity contribution in [2.24, 2.45) is 0 Å². The molecule has 2 rings (SSSR count). The molecule has 2 aromatic carbocycles. The molecule has 0 fully saturated rings. The number of hydrogen-bond acceptors (Lipinski definition) is 7. The van der Waals surface area contributed by atoms with Gasteiger partial charge in [0.2, 0.25) is 0 Å². The van der Waals surface area contributed by atoms with E-state index in [1.807, 2.05) is 0 Å². The number of methoxy groups -OCH3 is 4. The number of hydrogen-bond donors (Lipinski definition) is 0. The first kappa shape index (κ1) is 23.0. The van der Waals surface area contributed by atoms with Crippen LogP contribution in [0.1, 0.15) is 11.1 Å². The van der Waals surface area contributed by atoms with E-state index in [2.05, 4.69) is 0 Å². The molecule has 160 valence electrons. The maximum atomic E-state index is 12.4. The van der Waals surface area contributed by atoms with E-state index in [1.165, 1.54) is 46.7 Å². The number of carbonyl (C=O) groups is 1. The second-order valence-electron chi connectivity index (χ2n) is 6.06. The van der Waals surface area contributed by atoms with Crippen LogP contribution in [0.15, 0.2) is 47.9 Å². The van der Waals surface area contributed by atoms with Crippen molar-refractivity contribution < 1.29 is 32.2 Å². The van der Waals surface area contributed by atoms with Crippen molar-refractivity contribution in [3.8, 4) is 23.0 Å². The standard InChI is InChI=1S/C22H24O7S/c1-26-19-7-5-8-20(27-2)17(19)12-11-16(23)15-30(24,25)14-13-18-21(28-3)9-6-10-22(18)29-4/h5-14H,15H2,1-4H3. The van der Waals surface area contributed by atoms with E-state index >= 15 is 0 Å². The van der Waals surface area contributed by atoms with Gasteiger partial charge in [0.25, 0.3) is 0 Å². The van der Waals surface area contributed by atoms with Crippen LogP contribution in [0.2, 0.25) is 0 Å². The second-order valence-corrected chi connectivity index (χ2v) is 7.95. The van der Waals surface area contributed by atoms with Crippen LogP contribution in [0, 0.1) is 0 Å². The van der Waals surface area contributed by atoms with Gasteiger partial charge in [0.15, 0.2) is 15.6 Å². The molecule has 0 amide bonds. The molecule has 0 radical (unpaired) electrons. The first-order chi connectivity index (χ1) is 14.3. The van der Waals surface area contributed by atoms with E-state index in [4.69, 9.17) is 18.9 Å². The summed E-state index contributed by atoms with van der Waals surface area (Å²) >= 11 is 0. The maximum Gasteiger partial charge on any atom is 0.179 e. The van der Waals surface area contributed by atoms with Crippen molar-refractivity contribution in [2.75, 3.05) is 34.2 Å². The molecule has 0 aliphatic rings. The highest BCUT2D eigenvalue weighted by molar-refractivity contribution is 7.95. The van der Waals surface area contributed by atoms with Gasteiger partial charge in [-0.05, 0) is 42.5 Å². The highest BCUT2D eigenvalue weighted by Gasteiger charge is 2.14. The number of ether oxygens (including phenoxy) is 4. The Morgan fingerprint density at radius 2 is 1.17 bits per heavy atom. The maximum absolute atomic E-state index is 12.4. The minimum absolute atomic E-state index is 0.454. The van der Waals surface area contributed by atoms with Crippen molar-refractivity contribution in [3.63, 3.8) is 0 Å². The Labute approximate surface area is 176 Å². The molecule has 8 heteroatoms. The molecule has 2 aromatic rings. The van der Waals surface area contributed by atoms with Gasteiger partial charge < -0.3 is 18.9 Å². The number of sulfone groups is 1. The van der Waals surface area contributed by atoms with E-state index < -0.39 is 21.4 Å². The topological polar surface area (TPSA) is 88.1 Å². The zero-order valence-corrected chi connectivity index (χ0v) is 18.1. The smallest absolute Gasteiger partial charge is 0.179 e. The molecule has 0 unspecified atom stereocenters. The summed E-state index contributed by atoms with van der Waals surface area (Å²) in [6.07, 6.45) is 4.02. The lowest BCUT2D eigenvalue weighted by Gasteiger charge is -2.09. The second kappa shape index (κ2) is 10.5. The van der Waals surface area contributed by atoms with E-state index in [9.17, 15) is 13.2 Å². The van der Waals surface area contributed by atoms with Crippen LogP contribution >= 0.6 is 0 Å². The Morgan fingerprint density at radius 3 is 1.57 bits per heavy atom. The zero-order valence-electron chi connectivity index (χ0n) is 17.2. The normalized spacial score (nSPS) is 11.6. The van der Waals surface area contributed by atoms with Gasteiger partial charge in [-0.3, -0.25) is 4.79 Å². The average molecular weight is 432 g/mol. The van der Waals surface area contributed by atoms with E-state index in [-0.39, 0.29) is 0 Å². The molecule has 7 nitrogen and oxygen atoms in total. The molecule has 30 heavy (non-hydrogen) atoms. The predicted molar refractivity (Wildman–Crippen MR) is 116 cm³/mol. The monoisotopic (exact) mass is 432 g/mol. The molecule has 0 N–H and O–H groups in total. The van der Waals surface area contributed by atoms with Gasteiger partial charge in [0.05, 0.1) is 39.6 Å². The van der Waals surface area contributed by atoms with Crippen LogP contribution in [0.4, 0.5) is 0 Å². The molecule has 0 atom stereocenters. The minimum Gasteiger partial charge on any atom is -0.496 e. The number of rotatable bonds is 10. The highest BCUT2D eigenvalue weighted by atomic mass is 32.2. The molecule has 0 saturated carbocycles. The number of allylic oxidation sites excluding steroid dienone is 1. The third-order valence-corrected chi connectivity index (χ3v) is 5.39. The average Bonchev–Trinajstić information content (AvgIpc) is 2.75. The van der Waals surface area contributed by atoms with Gasteiger partial charge >= 0.3 is 0 Å². The number of carbonyl (C=O) groups excluding carboxylic acids is 1. The SMILES string of the molecule is COc1cccc(OC)c1C=CC(=O)CS(=O)(=O)C=Cc1c(OC)cccc1OC. The number of ketones is 1. The lowest BCUT2D eigenvalue weighted by molar-refractivity contribution is -0.112. The fourth-order valence-electron chi connectivity index (χ4n) is 2.73. The predicted octanol–water partition coefficient (Wildman–Crippen LogP) is 3.39. The van der Waals surface area contributed by atoms with Crippen molar-refractivity contribution in [1.29, 1.82) is 0 Å². The van der Waals surface area contributed by atoms with E-state index in [0.717, 1.165) is 5.41 Å². The summed E-state index contributed by atoms with van der Waals surface area (Å²) in [5, 5.41) is 0.975. The van der Waals surface area contributed by atoms with Gasteiger partial charge in [-0.1, -0.05) is 12.1 Å². The molecule has 0 bridgehead atoms. The fraction of sp³-hybridized carbons (Fsp3) is 0.227. The minimum atomic E-state index is -3.82. The summed E-state index contributed by atoms with van der Waals surface area (Å²) in [6.45, 7) is 0. The molecular weight excluding hydrogens is 408 g/mol. The van der Waals surface area contributed by atoms with Crippen LogP contribution in [0.5, 0.6) is 23.0 Å². The molecule has 0 spiro atoms. The number of benzene rings is 2. The summed E-state index contributed by atoms with van der Waals surface area (Å²) < 4.78 is 45.8. The molecule has 0 aromatic heterocycles. The molecule has 0 aliphatic carbocycles. The third kappa shape index (κ3) is 5.87. The molecule has 0 heterocycles. The lowest BCUT2D eigenvalue weighted by Crippen LogP contribution is -2.11. The Bertz CT molecular complexity index is 1010. The van der Waals surface area contributed by atoms with Gasteiger partial charge in [0, 0.05) is 5.41 Å². The Kier molecular flexibility index (Phi) is 8.06. The Morgan fingerprint density at radius 1 is 0.767 bits per heavy atom. The van der Waals surface area contributed by atoms with Crippen LogP contribution < -0.4 is 18.9 Å². The van der Waals surface area contributed by atoms with Gasteiger partial charge in [-0.25, -0.2) is 8.42 Å². The summed E-state index contributed by atoms with van der Waals surface area (Å²) in [5.41, 5.74) is 1.01. The van der Waals surface area contributed by atoms with Crippen LogP contribution in [0.3, 0.4) is 0 Å². The quantitative estimate of drug-likeness (QED) is 0.532. The Balaban J connectivity index is 2.20.